The standard InChI is InChI=1S/C19H24FN3O/c1-14-13-23(8-9-24-14)19-10-16(6-7-21-19)12-22-15(2)17-4-3-5-18(20)11-17/h3-7,10-11,14-15,22H,8-9,12-13H2,1-2H3. The van der Waals surface area contributed by atoms with E-state index in [1.807, 2.05) is 25.3 Å². The van der Waals surface area contributed by atoms with Crippen LogP contribution in [0.2, 0.25) is 0 Å². The number of hydrogen-bond donors (Lipinski definition) is 1. The van der Waals surface area contributed by atoms with Crippen LogP contribution < -0.4 is 10.2 Å². The molecule has 1 N–H and O–H groups in total. The minimum atomic E-state index is -0.200. The number of pyridine rings is 1. The smallest absolute Gasteiger partial charge is 0.128 e. The molecule has 3 rings (SSSR count). The SMILES string of the molecule is CC1CN(c2cc(CNC(C)c3cccc(F)c3)ccn2)CCO1. The predicted octanol–water partition coefficient (Wildman–Crippen LogP) is 3.30. The van der Waals surface area contributed by atoms with Gasteiger partial charge in [-0.1, -0.05) is 12.1 Å². The van der Waals surface area contributed by atoms with E-state index < -0.39 is 0 Å². The molecule has 128 valence electrons. The van der Waals surface area contributed by atoms with Gasteiger partial charge in [0, 0.05) is 31.9 Å². The van der Waals surface area contributed by atoms with E-state index in [9.17, 15) is 4.39 Å². The number of benzene rings is 1. The lowest BCUT2D eigenvalue weighted by Gasteiger charge is -2.32. The molecular formula is C19H24FN3O. The first-order chi connectivity index (χ1) is 11.6. The van der Waals surface area contributed by atoms with E-state index in [1.54, 1.807) is 12.1 Å². The van der Waals surface area contributed by atoms with Gasteiger partial charge >= 0.3 is 0 Å². The molecule has 1 fully saturated rings. The maximum Gasteiger partial charge on any atom is 0.128 e. The van der Waals surface area contributed by atoms with Crippen molar-refractivity contribution in [1.82, 2.24) is 10.3 Å². The molecule has 2 aromatic rings. The van der Waals surface area contributed by atoms with Crippen LogP contribution in [0.4, 0.5) is 10.2 Å². The summed E-state index contributed by atoms with van der Waals surface area (Å²) in [7, 11) is 0. The van der Waals surface area contributed by atoms with Crippen molar-refractivity contribution in [2.45, 2.75) is 32.5 Å². The van der Waals surface area contributed by atoms with Gasteiger partial charge in [-0.15, -0.1) is 0 Å². The van der Waals surface area contributed by atoms with Crippen LogP contribution in [0.1, 0.15) is 31.0 Å². The first kappa shape index (κ1) is 16.9. The molecule has 2 unspecified atom stereocenters. The molecule has 1 aliphatic rings. The Hall–Kier alpha value is -1.98. The summed E-state index contributed by atoms with van der Waals surface area (Å²) in [4.78, 5) is 6.74. The molecule has 1 aliphatic heterocycles. The third kappa shape index (κ3) is 4.30. The van der Waals surface area contributed by atoms with Crippen molar-refractivity contribution < 1.29 is 9.13 Å². The molecule has 0 spiro atoms. The summed E-state index contributed by atoms with van der Waals surface area (Å²) in [5.41, 5.74) is 2.12. The van der Waals surface area contributed by atoms with Gasteiger partial charge in [-0.25, -0.2) is 9.37 Å². The molecule has 0 saturated carbocycles. The molecule has 1 saturated heterocycles. The zero-order valence-electron chi connectivity index (χ0n) is 14.2. The summed E-state index contributed by atoms with van der Waals surface area (Å²) >= 11 is 0. The number of nitrogens with zero attached hydrogens (tertiary/aromatic N) is 2. The number of hydrogen-bond acceptors (Lipinski definition) is 4. The molecule has 0 radical (unpaired) electrons. The quantitative estimate of drug-likeness (QED) is 0.913. The molecule has 4 nitrogen and oxygen atoms in total. The second-order valence-corrected chi connectivity index (χ2v) is 6.31. The lowest BCUT2D eigenvalue weighted by Crippen LogP contribution is -2.41. The molecule has 24 heavy (non-hydrogen) atoms. The van der Waals surface area contributed by atoms with E-state index in [0.717, 1.165) is 31.1 Å². The number of rotatable bonds is 5. The van der Waals surface area contributed by atoms with Crippen LogP contribution in [0, 0.1) is 5.82 Å². The molecule has 1 aromatic heterocycles. The van der Waals surface area contributed by atoms with Crippen LogP contribution in [-0.4, -0.2) is 30.8 Å². The second kappa shape index (κ2) is 7.73. The third-order valence-corrected chi connectivity index (χ3v) is 4.34. The monoisotopic (exact) mass is 329 g/mol. The normalized spacial score (nSPS) is 19.3. The fraction of sp³-hybridized carbons (Fsp3) is 0.421. The molecule has 2 atom stereocenters. The highest BCUT2D eigenvalue weighted by atomic mass is 19.1. The van der Waals surface area contributed by atoms with E-state index in [1.165, 1.54) is 11.6 Å². The fourth-order valence-electron chi connectivity index (χ4n) is 2.93. The lowest BCUT2D eigenvalue weighted by molar-refractivity contribution is 0.0529. The summed E-state index contributed by atoms with van der Waals surface area (Å²) in [6, 6.07) is 10.9. The zero-order valence-corrected chi connectivity index (χ0v) is 14.2. The molecule has 0 amide bonds. The Balaban J connectivity index is 1.62. The van der Waals surface area contributed by atoms with Gasteiger partial charge in [0.2, 0.25) is 0 Å². The highest BCUT2D eigenvalue weighted by Gasteiger charge is 2.18. The van der Waals surface area contributed by atoms with Gasteiger partial charge < -0.3 is 15.0 Å². The van der Waals surface area contributed by atoms with E-state index in [2.05, 4.69) is 28.2 Å². The van der Waals surface area contributed by atoms with Crippen LogP contribution in [0.5, 0.6) is 0 Å². The summed E-state index contributed by atoms with van der Waals surface area (Å²) < 4.78 is 18.9. The molecule has 0 bridgehead atoms. The maximum absolute atomic E-state index is 13.3. The van der Waals surface area contributed by atoms with Crippen molar-refractivity contribution in [1.29, 1.82) is 0 Å². The largest absolute Gasteiger partial charge is 0.375 e. The minimum absolute atomic E-state index is 0.0840. The average Bonchev–Trinajstić information content (AvgIpc) is 2.60. The zero-order chi connectivity index (χ0) is 16.9. The van der Waals surface area contributed by atoms with Crippen molar-refractivity contribution in [3.8, 4) is 0 Å². The third-order valence-electron chi connectivity index (χ3n) is 4.34. The van der Waals surface area contributed by atoms with E-state index in [-0.39, 0.29) is 18.0 Å². The first-order valence-electron chi connectivity index (χ1n) is 8.42. The van der Waals surface area contributed by atoms with Gasteiger partial charge in [0.05, 0.1) is 12.7 Å². The second-order valence-electron chi connectivity index (χ2n) is 6.31. The fourth-order valence-corrected chi connectivity index (χ4v) is 2.93. The number of halogens is 1. The van der Waals surface area contributed by atoms with Crippen LogP contribution in [0.15, 0.2) is 42.6 Å². The number of ether oxygens (including phenoxy) is 1. The first-order valence-corrected chi connectivity index (χ1v) is 8.42. The summed E-state index contributed by atoms with van der Waals surface area (Å²) in [6.45, 7) is 7.31. The highest BCUT2D eigenvalue weighted by molar-refractivity contribution is 5.41. The van der Waals surface area contributed by atoms with Gasteiger partial charge in [-0.2, -0.15) is 0 Å². The number of aromatic nitrogens is 1. The van der Waals surface area contributed by atoms with Crippen LogP contribution >= 0.6 is 0 Å². The minimum Gasteiger partial charge on any atom is -0.375 e. The molecular weight excluding hydrogens is 305 g/mol. The van der Waals surface area contributed by atoms with E-state index >= 15 is 0 Å². The maximum atomic E-state index is 13.3. The number of anilines is 1. The number of morpholine rings is 1. The molecule has 0 aliphatic carbocycles. The molecule has 1 aromatic carbocycles. The predicted molar refractivity (Wildman–Crippen MR) is 93.5 cm³/mol. The van der Waals surface area contributed by atoms with Gasteiger partial charge in [0.1, 0.15) is 11.6 Å². The summed E-state index contributed by atoms with van der Waals surface area (Å²) in [5.74, 6) is 0.789. The van der Waals surface area contributed by atoms with Crippen LogP contribution in [-0.2, 0) is 11.3 Å². The van der Waals surface area contributed by atoms with Gasteiger partial charge in [-0.05, 0) is 49.2 Å². The Morgan fingerprint density at radius 1 is 1.38 bits per heavy atom. The van der Waals surface area contributed by atoms with Crippen LogP contribution in [0.3, 0.4) is 0 Å². The van der Waals surface area contributed by atoms with Crippen molar-refractivity contribution >= 4 is 5.82 Å². The Morgan fingerprint density at radius 3 is 3.04 bits per heavy atom. The molecule has 5 heteroatoms. The van der Waals surface area contributed by atoms with E-state index in [0.29, 0.717) is 6.54 Å². The van der Waals surface area contributed by atoms with Crippen LogP contribution in [0.25, 0.3) is 0 Å². The Morgan fingerprint density at radius 2 is 2.25 bits per heavy atom. The highest BCUT2D eigenvalue weighted by Crippen LogP contribution is 2.18. The van der Waals surface area contributed by atoms with Crippen molar-refractivity contribution in [2.75, 3.05) is 24.6 Å². The Labute approximate surface area is 142 Å². The van der Waals surface area contributed by atoms with Crippen molar-refractivity contribution in [3.05, 3.63) is 59.5 Å². The van der Waals surface area contributed by atoms with Gasteiger partial charge in [0.25, 0.3) is 0 Å². The average molecular weight is 329 g/mol. The number of nitrogens with one attached hydrogen (secondary N) is 1. The van der Waals surface area contributed by atoms with Crippen molar-refractivity contribution in [3.63, 3.8) is 0 Å². The van der Waals surface area contributed by atoms with E-state index in [4.69, 9.17) is 4.74 Å². The summed E-state index contributed by atoms with van der Waals surface area (Å²) in [5, 5.41) is 3.44. The topological polar surface area (TPSA) is 37.4 Å². The van der Waals surface area contributed by atoms with Gasteiger partial charge in [0.15, 0.2) is 0 Å². The Kier molecular flexibility index (Phi) is 5.43. The Bertz CT molecular complexity index is 679. The van der Waals surface area contributed by atoms with Crippen molar-refractivity contribution in [2.24, 2.45) is 0 Å². The lowest BCUT2D eigenvalue weighted by atomic mass is 10.1. The summed E-state index contributed by atoms with van der Waals surface area (Å²) in [6.07, 6.45) is 2.08. The molecule has 2 heterocycles. The van der Waals surface area contributed by atoms with Gasteiger partial charge in [-0.3, -0.25) is 0 Å².